The van der Waals surface area contributed by atoms with Crippen LogP contribution >= 0.6 is 15.9 Å². The summed E-state index contributed by atoms with van der Waals surface area (Å²) in [6.07, 6.45) is 1.03. The fourth-order valence-corrected chi connectivity index (χ4v) is 2.90. The molecule has 2 aromatic rings. The van der Waals surface area contributed by atoms with E-state index in [2.05, 4.69) is 69.8 Å². The lowest BCUT2D eigenvalue weighted by Gasteiger charge is -2.10. The number of halogens is 1. The van der Waals surface area contributed by atoms with Crippen molar-refractivity contribution in [3.05, 3.63) is 59.7 Å². The maximum atomic E-state index is 3.77. The van der Waals surface area contributed by atoms with Crippen molar-refractivity contribution in [3.8, 4) is 0 Å². The molecule has 1 aliphatic heterocycles. The highest BCUT2D eigenvalue weighted by Gasteiger charge is 2.18. The van der Waals surface area contributed by atoms with Crippen molar-refractivity contribution in [1.82, 2.24) is 0 Å². The SMILES string of the molecule is BrC1Cc2ccccc2Nc2ccccc21. The third-order valence-corrected chi connectivity index (χ3v) is 3.80. The van der Waals surface area contributed by atoms with Gasteiger partial charge in [0.2, 0.25) is 0 Å². The number of hydrogen-bond acceptors (Lipinski definition) is 1. The first kappa shape index (κ1) is 9.91. The van der Waals surface area contributed by atoms with E-state index in [-0.39, 0.29) is 0 Å². The van der Waals surface area contributed by atoms with Gasteiger partial charge in [-0.2, -0.15) is 0 Å². The van der Waals surface area contributed by atoms with Gasteiger partial charge in [0.05, 0.1) is 0 Å². The van der Waals surface area contributed by atoms with E-state index in [9.17, 15) is 0 Å². The Morgan fingerprint density at radius 3 is 2.50 bits per heavy atom. The zero-order valence-corrected chi connectivity index (χ0v) is 10.4. The molecule has 0 spiro atoms. The Kier molecular flexibility index (Phi) is 2.44. The zero-order valence-electron chi connectivity index (χ0n) is 8.78. The summed E-state index contributed by atoms with van der Waals surface area (Å²) in [6.45, 7) is 0. The van der Waals surface area contributed by atoms with Crippen LogP contribution in [0.1, 0.15) is 16.0 Å². The second-order valence-corrected chi connectivity index (χ2v) is 5.15. The molecule has 1 atom stereocenters. The first-order valence-corrected chi connectivity index (χ1v) is 6.34. The number of para-hydroxylation sites is 2. The van der Waals surface area contributed by atoms with Gasteiger partial charge in [-0.25, -0.2) is 0 Å². The topological polar surface area (TPSA) is 12.0 Å². The van der Waals surface area contributed by atoms with E-state index in [1.165, 1.54) is 22.5 Å². The minimum Gasteiger partial charge on any atom is -0.355 e. The average molecular weight is 274 g/mol. The first-order chi connectivity index (χ1) is 7.84. The molecule has 0 bridgehead atoms. The molecule has 0 saturated carbocycles. The smallest absolute Gasteiger partial charge is 0.0456 e. The Bertz CT molecular complexity index is 522. The molecule has 1 unspecified atom stereocenters. The summed E-state index contributed by atoms with van der Waals surface area (Å²) in [6, 6.07) is 16.9. The van der Waals surface area contributed by atoms with Gasteiger partial charge in [0, 0.05) is 16.2 Å². The van der Waals surface area contributed by atoms with E-state index in [0.717, 1.165) is 6.42 Å². The molecule has 0 radical (unpaired) electrons. The van der Waals surface area contributed by atoms with Crippen molar-refractivity contribution in [2.45, 2.75) is 11.2 Å². The molecule has 0 fully saturated rings. The van der Waals surface area contributed by atoms with Crippen LogP contribution in [0.3, 0.4) is 0 Å². The monoisotopic (exact) mass is 273 g/mol. The van der Waals surface area contributed by atoms with Crippen LogP contribution in [0.5, 0.6) is 0 Å². The Labute approximate surface area is 104 Å². The van der Waals surface area contributed by atoms with Crippen LogP contribution in [0.2, 0.25) is 0 Å². The summed E-state index contributed by atoms with van der Waals surface area (Å²) in [5, 5.41) is 3.50. The van der Waals surface area contributed by atoms with Crippen molar-refractivity contribution in [3.63, 3.8) is 0 Å². The Hall–Kier alpha value is -1.28. The predicted molar refractivity (Wildman–Crippen MR) is 71.5 cm³/mol. The van der Waals surface area contributed by atoms with Crippen molar-refractivity contribution in [2.75, 3.05) is 5.32 Å². The number of alkyl halides is 1. The molecule has 80 valence electrons. The first-order valence-electron chi connectivity index (χ1n) is 5.42. The number of nitrogens with one attached hydrogen (secondary N) is 1. The fourth-order valence-electron chi connectivity index (χ4n) is 2.15. The van der Waals surface area contributed by atoms with Crippen LogP contribution < -0.4 is 5.32 Å². The van der Waals surface area contributed by atoms with Crippen LogP contribution in [-0.2, 0) is 6.42 Å². The number of hydrogen-bond donors (Lipinski definition) is 1. The normalized spacial score (nSPS) is 17.9. The summed E-state index contributed by atoms with van der Waals surface area (Å²) >= 11 is 3.77. The van der Waals surface area contributed by atoms with Crippen LogP contribution in [0.4, 0.5) is 11.4 Å². The molecule has 1 aliphatic rings. The summed E-state index contributed by atoms with van der Waals surface area (Å²) < 4.78 is 0. The van der Waals surface area contributed by atoms with Crippen LogP contribution in [0.15, 0.2) is 48.5 Å². The van der Waals surface area contributed by atoms with Crippen molar-refractivity contribution in [2.24, 2.45) is 0 Å². The molecule has 16 heavy (non-hydrogen) atoms. The Morgan fingerprint density at radius 2 is 1.62 bits per heavy atom. The molecule has 0 aliphatic carbocycles. The minimum atomic E-state index is 0.389. The third-order valence-electron chi connectivity index (χ3n) is 2.98. The quantitative estimate of drug-likeness (QED) is 0.701. The van der Waals surface area contributed by atoms with Crippen molar-refractivity contribution in [1.29, 1.82) is 0 Å². The van der Waals surface area contributed by atoms with Gasteiger partial charge < -0.3 is 5.32 Å². The lowest BCUT2D eigenvalue weighted by Crippen LogP contribution is -1.93. The van der Waals surface area contributed by atoms with Gasteiger partial charge in [0.15, 0.2) is 0 Å². The predicted octanol–water partition coefficient (Wildman–Crippen LogP) is 4.42. The number of rotatable bonds is 0. The number of fused-ring (bicyclic) bond motifs is 2. The summed E-state index contributed by atoms with van der Waals surface area (Å²) in [4.78, 5) is 0.389. The summed E-state index contributed by atoms with van der Waals surface area (Å²) in [5.41, 5.74) is 5.12. The highest BCUT2D eigenvalue weighted by atomic mass is 79.9. The number of anilines is 2. The molecule has 0 saturated heterocycles. The lowest BCUT2D eigenvalue weighted by molar-refractivity contribution is 0.966. The van der Waals surface area contributed by atoms with E-state index in [1.807, 2.05) is 0 Å². The van der Waals surface area contributed by atoms with Gasteiger partial charge in [-0.05, 0) is 29.7 Å². The van der Waals surface area contributed by atoms with E-state index in [0.29, 0.717) is 4.83 Å². The molecule has 3 rings (SSSR count). The zero-order chi connectivity index (χ0) is 11.0. The Morgan fingerprint density at radius 1 is 0.938 bits per heavy atom. The largest absolute Gasteiger partial charge is 0.355 e. The second-order valence-electron chi connectivity index (χ2n) is 4.04. The molecule has 0 amide bonds. The van der Waals surface area contributed by atoms with Gasteiger partial charge in [0.25, 0.3) is 0 Å². The highest BCUT2D eigenvalue weighted by Crippen LogP contribution is 2.38. The highest BCUT2D eigenvalue weighted by molar-refractivity contribution is 9.09. The van der Waals surface area contributed by atoms with Crippen molar-refractivity contribution < 1.29 is 0 Å². The molecule has 1 heterocycles. The maximum Gasteiger partial charge on any atom is 0.0456 e. The van der Waals surface area contributed by atoms with Gasteiger partial charge >= 0.3 is 0 Å². The molecular formula is C14H12BrN. The third kappa shape index (κ3) is 1.63. The molecule has 1 nitrogen and oxygen atoms in total. The van der Waals surface area contributed by atoms with Gasteiger partial charge in [-0.15, -0.1) is 0 Å². The Balaban J connectivity index is 2.15. The molecule has 1 N–H and O–H groups in total. The average Bonchev–Trinajstić information content (AvgIpc) is 2.45. The van der Waals surface area contributed by atoms with E-state index >= 15 is 0 Å². The standard InChI is InChI=1S/C14H12BrN/c15-12-9-10-5-1-3-7-13(10)16-14-8-4-2-6-11(12)14/h1-8,12,16H,9H2. The van der Waals surface area contributed by atoms with Gasteiger partial charge in [0.1, 0.15) is 0 Å². The molecule has 2 heteroatoms. The lowest BCUT2D eigenvalue weighted by atomic mass is 10.0. The summed E-state index contributed by atoms with van der Waals surface area (Å²) in [5.74, 6) is 0. The van der Waals surface area contributed by atoms with Crippen molar-refractivity contribution >= 4 is 27.3 Å². The van der Waals surface area contributed by atoms with Gasteiger partial charge in [-0.3, -0.25) is 0 Å². The van der Waals surface area contributed by atoms with Gasteiger partial charge in [-0.1, -0.05) is 52.3 Å². The van der Waals surface area contributed by atoms with Crippen LogP contribution in [0, 0.1) is 0 Å². The second kappa shape index (κ2) is 3.95. The fraction of sp³-hybridized carbons (Fsp3) is 0.143. The molecular weight excluding hydrogens is 262 g/mol. The number of benzene rings is 2. The summed E-state index contributed by atoms with van der Waals surface area (Å²) in [7, 11) is 0. The minimum absolute atomic E-state index is 0.389. The van der Waals surface area contributed by atoms with E-state index in [4.69, 9.17) is 0 Å². The maximum absolute atomic E-state index is 3.77. The van der Waals surface area contributed by atoms with E-state index < -0.39 is 0 Å². The molecule has 2 aromatic carbocycles. The van der Waals surface area contributed by atoms with Crippen LogP contribution in [0.25, 0.3) is 0 Å². The van der Waals surface area contributed by atoms with E-state index in [1.54, 1.807) is 0 Å². The van der Waals surface area contributed by atoms with Crippen LogP contribution in [-0.4, -0.2) is 0 Å². The molecule has 0 aromatic heterocycles.